The van der Waals surface area contributed by atoms with Gasteiger partial charge in [0.05, 0.1) is 11.5 Å². The van der Waals surface area contributed by atoms with Crippen molar-refractivity contribution in [3.8, 4) is 6.07 Å². The Morgan fingerprint density at radius 2 is 2.11 bits per heavy atom. The standard InChI is InChI=1S/C15H18N2O/c1-15(2,11-16)8-10-17-9-7-12-5-3-4-6-13(12)14(17)18/h3-6H,7-10H2,1-2H3. The Labute approximate surface area is 108 Å². The van der Waals surface area contributed by atoms with Gasteiger partial charge in [-0.05, 0) is 38.3 Å². The number of hydrogen-bond donors (Lipinski definition) is 0. The predicted molar refractivity (Wildman–Crippen MR) is 70.1 cm³/mol. The van der Waals surface area contributed by atoms with E-state index in [1.807, 2.05) is 43.0 Å². The van der Waals surface area contributed by atoms with E-state index in [9.17, 15) is 4.79 Å². The molecule has 3 heteroatoms. The minimum absolute atomic E-state index is 0.102. The van der Waals surface area contributed by atoms with Crippen molar-refractivity contribution >= 4 is 5.91 Å². The second-order valence-electron chi connectivity index (χ2n) is 5.45. The van der Waals surface area contributed by atoms with Crippen LogP contribution in [0.5, 0.6) is 0 Å². The second kappa shape index (κ2) is 4.81. The Morgan fingerprint density at radius 3 is 2.83 bits per heavy atom. The fourth-order valence-electron chi connectivity index (χ4n) is 2.16. The lowest BCUT2D eigenvalue weighted by atomic mass is 9.90. The van der Waals surface area contributed by atoms with E-state index in [2.05, 4.69) is 6.07 Å². The number of hydrogen-bond acceptors (Lipinski definition) is 2. The highest BCUT2D eigenvalue weighted by molar-refractivity contribution is 5.96. The van der Waals surface area contributed by atoms with Crippen molar-refractivity contribution < 1.29 is 4.79 Å². The molecule has 0 radical (unpaired) electrons. The van der Waals surface area contributed by atoms with E-state index in [1.165, 1.54) is 0 Å². The summed E-state index contributed by atoms with van der Waals surface area (Å²) in [5.41, 5.74) is 1.59. The molecule has 1 heterocycles. The molecular weight excluding hydrogens is 224 g/mol. The molecular formula is C15H18N2O. The molecule has 0 unspecified atom stereocenters. The number of fused-ring (bicyclic) bond motifs is 1. The van der Waals surface area contributed by atoms with E-state index in [0.29, 0.717) is 6.54 Å². The quantitative estimate of drug-likeness (QED) is 0.817. The van der Waals surface area contributed by atoms with Crippen molar-refractivity contribution in [2.24, 2.45) is 5.41 Å². The van der Waals surface area contributed by atoms with Crippen molar-refractivity contribution in [3.05, 3.63) is 35.4 Å². The number of nitriles is 1. The van der Waals surface area contributed by atoms with Crippen molar-refractivity contribution in [2.75, 3.05) is 13.1 Å². The third-order valence-electron chi connectivity index (χ3n) is 3.50. The number of nitrogens with zero attached hydrogens (tertiary/aromatic N) is 2. The first-order valence-corrected chi connectivity index (χ1v) is 6.32. The van der Waals surface area contributed by atoms with Crippen LogP contribution < -0.4 is 0 Å². The molecule has 1 aromatic rings. The van der Waals surface area contributed by atoms with Gasteiger partial charge >= 0.3 is 0 Å². The number of benzene rings is 1. The Morgan fingerprint density at radius 1 is 1.39 bits per heavy atom. The normalized spacial score (nSPS) is 15.2. The maximum absolute atomic E-state index is 12.3. The Balaban J connectivity index is 2.07. The van der Waals surface area contributed by atoms with Crippen LogP contribution in [0.2, 0.25) is 0 Å². The first kappa shape index (κ1) is 12.6. The van der Waals surface area contributed by atoms with E-state index in [4.69, 9.17) is 5.26 Å². The molecule has 1 aromatic carbocycles. The van der Waals surface area contributed by atoms with Gasteiger partial charge in [0, 0.05) is 18.7 Å². The zero-order valence-corrected chi connectivity index (χ0v) is 10.9. The molecule has 0 aliphatic carbocycles. The molecule has 0 fully saturated rings. The molecule has 0 spiro atoms. The topological polar surface area (TPSA) is 44.1 Å². The SMILES string of the molecule is CC(C)(C#N)CCN1CCc2ccccc2C1=O. The number of rotatable bonds is 3. The van der Waals surface area contributed by atoms with Crippen LogP contribution in [-0.2, 0) is 6.42 Å². The fraction of sp³-hybridized carbons (Fsp3) is 0.467. The van der Waals surface area contributed by atoms with Gasteiger partial charge in [-0.2, -0.15) is 5.26 Å². The van der Waals surface area contributed by atoms with Gasteiger partial charge in [-0.3, -0.25) is 4.79 Å². The molecule has 0 bridgehead atoms. The summed E-state index contributed by atoms with van der Waals surface area (Å²) in [6, 6.07) is 10.1. The zero-order valence-electron chi connectivity index (χ0n) is 10.9. The van der Waals surface area contributed by atoms with E-state index >= 15 is 0 Å². The number of amides is 1. The molecule has 1 aliphatic heterocycles. The second-order valence-corrected chi connectivity index (χ2v) is 5.45. The zero-order chi connectivity index (χ0) is 13.2. The van der Waals surface area contributed by atoms with Crippen molar-refractivity contribution in [1.29, 1.82) is 5.26 Å². The smallest absolute Gasteiger partial charge is 0.254 e. The van der Waals surface area contributed by atoms with Crippen LogP contribution in [-0.4, -0.2) is 23.9 Å². The Bertz CT molecular complexity index is 499. The van der Waals surface area contributed by atoms with Gasteiger partial charge in [-0.1, -0.05) is 18.2 Å². The van der Waals surface area contributed by atoms with Gasteiger partial charge in [0.25, 0.3) is 5.91 Å². The largest absolute Gasteiger partial charge is 0.338 e. The van der Waals surface area contributed by atoms with Crippen LogP contribution in [0.15, 0.2) is 24.3 Å². The highest BCUT2D eigenvalue weighted by atomic mass is 16.2. The molecule has 0 aromatic heterocycles. The summed E-state index contributed by atoms with van der Waals surface area (Å²) in [5, 5.41) is 8.99. The van der Waals surface area contributed by atoms with Gasteiger partial charge < -0.3 is 4.90 Å². The lowest BCUT2D eigenvalue weighted by Crippen LogP contribution is -2.39. The van der Waals surface area contributed by atoms with Gasteiger partial charge in [0.2, 0.25) is 0 Å². The highest BCUT2D eigenvalue weighted by Crippen LogP contribution is 2.23. The van der Waals surface area contributed by atoms with E-state index in [-0.39, 0.29) is 11.3 Å². The summed E-state index contributed by atoms with van der Waals surface area (Å²) in [5.74, 6) is 0.102. The Kier molecular flexibility index (Phi) is 3.38. The van der Waals surface area contributed by atoms with Crippen LogP contribution in [0.3, 0.4) is 0 Å². The van der Waals surface area contributed by atoms with E-state index < -0.39 is 0 Å². The van der Waals surface area contributed by atoms with Crippen molar-refractivity contribution in [3.63, 3.8) is 0 Å². The van der Waals surface area contributed by atoms with Gasteiger partial charge in [0.1, 0.15) is 0 Å². The van der Waals surface area contributed by atoms with Crippen LogP contribution >= 0.6 is 0 Å². The van der Waals surface area contributed by atoms with Crippen molar-refractivity contribution in [1.82, 2.24) is 4.90 Å². The summed E-state index contributed by atoms with van der Waals surface area (Å²) in [6.07, 6.45) is 1.63. The summed E-state index contributed by atoms with van der Waals surface area (Å²) in [4.78, 5) is 14.1. The molecule has 0 atom stereocenters. The van der Waals surface area contributed by atoms with Crippen LogP contribution in [0.1, 0.15) is 36.2 Å². The van der Waals surface area contributed by atoms with Gasteiger partial charge in [-0.25, -0.2) is 0 Å². The summed E-state index contributed by atoms with van der Waals surface area (Å²) < 4.78 is 0. The molecule has 0 N–H and O–H groups in total. The molecule has 18 heavy (non-hydrogen) atoms. The van der Waals surface area contributed by atoms with Crippen LogP contribution in [0.4, 0.5) is 0 Å². The maximum atomic E-state index is 12.3. The average molecular weight is 242 g/mol. The maximum Gasteiger partial charge on any atom is 0.254 e. The highest BCUT2D eigenvalue weighted by Gasteiger charge is 2.26. The summed E-state index contributed by atoms with van der Waals surface area (Å²) in [6.45, 7) is 5.25. The number of carbonyl (C=O) groups is 1. The summed E-state index contributed by atoms with van der Waals surface area (Å²) >= 11 is 0. The van der Waals surface area contributed by atoms with Gasteiger partial charge in [0.15, 0.2) is 0 Å². The molecule has 1 aliphatic rings. The van der Waals surface area contributed by atoms with E-state index in [1.54, 1.807) is 0 Å². The summed E-state index contributed by atoms with van der Waals surface area (Å²) in [7, 11) is 0. The third kappa shape index (κ3) is 2.53. The molecule has 1 amide bonds. The van der Waals surface area contributed by atoms with Gasteiger partial charge in [-0.15, -0.1) is 0 Å². The molecule has 0 saturated heterocycles. The molecule has 3 nitrogen and oxygen atoms in total. The van der Waals surface area contributed by atoms with Crippen molar-refractivity contribution in [2.45, 2.75) is 26.7 Å². The molecule has 0 saturated carbocycles. The van der Waals surface area contributed by atoms with Crippen LogP contribution in [0, 0.1) is 16.7 Å². The minimum Gasteiger partial charge on any atom is -0.338 e. The number of carbonyl (C=O) groups excluding carboxylic acids is 1. The van der Waals surface area contributed by atoms with E-state index in [0.717, 1.165) is 30.5 Å². The monoisotopic (exact) mass is 242 g/mol. The fourth-order valence-corrected chi connectivity index (χ4v) is 2.16. The van der Waals surface area contributed by atoms with Crippen LogP contribution in [0.25, 0.3) is 0 Å². The predicted octanol–water partition coefficient (Wildman–Crippen LogP) is 2.62. The lowest BCUT2D eigenvalue weighted by molar-refractivity contribution is 0.0726. The average Bonchev–Trinajstić information content (AvgIpc) is 2.38. The Hall–Kier alpha value is -1.82. The molecule has 94 valence electrons. The molecule has 2 rings (SSSR count). The third-order valence-corrected chi connectivity index (χ3v) is 3.50. The first-order valence-electron chi connectivity index (χ1n) is 6.32. The lowest BCUT2D eigenvalue weighted by Gasteiger charge is -2.30. The first-order chi connectivity index (χ1) is 8.53. The minimum atomic E-state index is -0.364.